The molecule has 4 heterocycles. The summed E-state index contributed by atoms with van der Waals surface area (Å²) >= 11 is 0. The van der Waals surface area contributed by atoms with E-state index in [1.54, 1.807) is 0 Å². The van der Waals surface area contributed by atoms with Crippen molar-refractivity contribution in [3.63, 3.8) is 0 Å². The maximum Gasteiger partial charge on any atom is 0.410 e. The summed E-state index contributed by atoms with van der Waals surface area (Å²) in [4.78, 5) is 22.0. The van der Waals surface area contributed by atoms with E-state index in [2.05, 4.69) is 30.0 Å². The van der Waals surface area contributed by atoms with E-state index >= 15 is 0 Å². The molecule has 0 spiro atoms. The van der Waals surface area contributed by atoms with Crippen LogP contribution >= 0.6 is 0 Å². The van der Waals surface area contributed by atoms with Gasteiger partial charge < -0.3 is 24.0 Å². The molecular formula is C44H53N5O4. The first-order valence-electron chi connectivity index (χ1n) is 19.2. The highest BCUT2D eigenvalue weighted by Gasteiger charge is 2.33. The molecule has 1 amide bonds. The highest BCUT2D eigenvalue weighted by atomic mass is 16.6. The number of rotatable bonds is 10. The van der Waals surface area contributed by atoms with Gasteiger partial charge in [0.2, 0.25) is 11.8 Å². The number of hydrogen-bond acceptors (Lipinski definition) is 7. The highest BCUT2D eigenvalue weighted by Crippen LogP contribution is 2.38. The van der Waals surface area contributed by atoms with Crippen molar-refractivity contribution in [1.29, 1.82) is 0 Å². The Labute approximate surface area is 313 Å². The van der Waals surface area contributed by atoms with Crippen molar-refractivity contribution >= 4 is 22.7 Å². The third-order valence-electron chi connectivity index (χ3n) is 10.6. The van der Waals surface area contributed by atoms with E-state index in [0.29, 0.717) is 36.8 Å². The summed E-state index contributed by atoms with van der Waals surface area (Å²) in [5.74, 6) is 2.37. The number of nitrogens with zero attached hydrogens (tertiary/aromatic N) is 5. The molecule has 53 heavy (non-hydrogen) atoms. The highest BCUT2D eigenvalue weighted by molar-refractivity contribution is 5.96. The fraction of sp³-hybridized carbons (Fsp3) is 0.432. The maximum absolute atomic E-state index is 12.7. The molecule has 2 fully saturated rings. The van der Waals surface area contributed by atoms with Crippen molar-refractivity contribution in [3.8, 4) is 23.0 Å². The minimum Gasteiger partial charge on any atom is -0.473 e. The van der Waals surface area contributed by atoms with Crippen LogP contribution in [0.4, 0.5) is 10.5 Å². The van der Waals surface area contributed by atoms with Crippen molar-refractivity contribution in [3.05, 3.63) is 102 Å². The minimum absolute atomic E-state index is 0.176. The van der Waals surface area contributed by atoms with Crippen LogP contribution in [0.2, 0.25) is 0 Å². The molecule has 3 aromatic carbocycles. The second-order valence-corrected chi connectivity index (χ2v) is 15.8. The molecule has 9 nitrogen and oxygen atoms in total. The molecule has 0 unspecified atom stereocenters. The van der Waals surface area contributed by atoms with Crippen LogP contribution in [0, 0.1) is 11.8 Å². The first-order valence-corrected chi connectivity index (χ1v) is 19.2. The van der Waals surface area contributed by atoms with Crippen molar-refractivity contribution in [1.82, 2.24) is 19.7 Å². The molecule has 2 atom stereocenters. The number of piperidine rings is 2. The van der Waals surface area contributed by atoms with E-state index in [9.17, 15) is 4.79 Å². The Morgan fingerprint density at radius 1 is 0.811 bits per heavy atom. The minimum atomic E-state index is -0.463. The molecule has 2 aromatic heterocycles. The van der Waals surface area contributed by atoms with E-state index in [-0.39, 0.29) is 12.1 Å². The zero-order valence-corrected chi connectivity index (χ0v) is 31.8. The van der Waals surface area contributed by atoms with E-state index in [1.165, 1.54) is 24.9 Å². The quantitative estimate of drug-likeness (QED) is 0.143. The largest absolute Gasteiger partial charge is 0.473 e. The van der Waals surface area contributed by atoms with Crippen molar-refractivity contribution < 1.29 is 19.0 Å². The summed E-state index contributed by atoms with van der Waals surface area (Å²) < 4.78 is 20.1. The van der Waals surface area contributed by atoms with Crippen LogP contribution in [0.25, 0.3) is 22.2 Å². The number of benzene rings is 3. The Bertz CT molecular complexity index is 1980. The standard InChI is InChI=1S/C44H53N5O4/c1-31-26-35(22-25-49(31)43(50)53-44(2,3)4)27-32-20-23-48(24-21-32)36-16-17-37-39(28-36)47(5)46-41(37)38-18-19-40(51-29-33-12-8-6-9-13-33)45-42(38)52-30-34-14-10-7-11-15-34/h6-19,28,31-32,35H,20-27,29-30H2,1-5H3/t31-,35-/m0/s1. The molecular weight excluding hydrogens is 663 g/mol. The van der Waals surface area contributed by atoms with Gasteiger partial charge in [0.25, 0.3) is 0 Å². The predicted octanol–water partition coefficient (Wildman–Crippen LogP) is 9.44. The molecule has 7 rings (SSSR count). The fourth-order valence-corrected chi connectivity index (χ4v) is 7.87. The number of pyridine rings is 1. The van der Waals surface area contributed by atoms with Gasteiger partial charge in [0.15, 0.2) is 0 Å². The van der Waals surface area contributed by atoms with Crippen LogP contribution in [0.15, 0.2) is 91.0 Å². The number of amides is 1. The van der Waals surface area contributed by atoms with Gasteiger partial charge in [-0.1, -0.05) is 60.7 Å². The van der Waals surface area contributed by atoms with Gasteiger partial charge in [-0.05, 0) is 107 Å². The lowest BCUT2D eigenvalue weighted by Gasteiger charge is -2.40. The molecule has 0 aliphatic carbocycles. The Morgan fingerprint density at radius 3 is 2.13 bits per heavy atom. The average molecular weight is 716 g/mol. The van der Waals surface area contributed by atoms with Gasteiger partial charge in [-0.2, -0.15) is 10.1 Å². The second kappa shape index (κ2) is 15.9. The molecule has 0 N–H and O–H groups in total. The lowest BCUT2D eigenvalue weighted by atomic mass is 9.81. The second-order valence-electron chi connectivity index (χ2n) is 15.8. The Morgan fingerprint density at radius 2 is 1.47 bits per heavy atom. The van der Waals surface area contributed by atoms with Crippen molar-refractivity contribution in [2.24, 2.45) is 18.9 Å². The van der Waals surface area contributed by atoms with E-state index in [1.807, 2.05) is 110 Å². The predicted molar refractivity (Wildman–Crippen MR) is 210 cm³/mol. The number of aryl methyl sites for hydroxylation is 1. The van der Waals surface area contributed by atoms with E-state index in [0.717, 1.165) is 65.8 Å². The lowest BCUT2D eigenvalue weighted by Crippen LogP contribution is -2.47. The molecule has 9 heteroatoms. The molecule has 5 aromatic rings. The van der Waals surface area contributed by atoms with Crippen LogP contribution in [-0.2, 0) is 25.0 Å². The molecule has 0 saturated carbocycles. The van der Waals surface area contributed by atoms with Gasteiger partial charge in [0.1, 0.15) is 24.5 Å². The summed E-state index contributed by atoms with van der Waals surface area (Å²) in [5, 5.41) is 6.06. The first-order chi connectivity index (χ1) is 25.6. The number of ether oxygens (including phenoxy) is 3. The average Bonchev–Trinajstić information content (AvgIpc) is 3.48. The van der Waals surface area contributed by atoms with Gasteiger partial charge in [0, 0.05) is 49.9 Å². The molecule has 2 saturated heterocycles. The SMILES string of the molecule is C[C@H]1C[C@@H](CC2CCN(c3ccc4c(-c5ccc(OCc6ccccc6)nc5OCc5ccccc5)nn(C)c4c3)CC2)CCN1C(=O)OC(C)(C)C. The van der Waals surface area contributed by atoms with Gasteiger partial charge in [-0.3, -0.25) is 4.68 Å². The normalized spacial score (nSPS) is 18.3. The van der Waals surface area contributed by atoms with Crippen molar-refractivity contribution in [2.75, 3.05) is 24.5 Å². The molecule has 2 aliphatic heterocycles. The third kappa shape index (κ3) is 8.95. The molecule has 278 valence electrons. The number of fused-ring (bicyclic) bond motifs is 1. The Hall–Kier alpha value is -5.05. The molecule has 0 radical (unpaired) electrons. The van der Waals surface area contributed by atoms with E-state index in [4.69, 9.17) is 24.3 Å². The monoisotopic (exact) mass is 715 g/mol. The summed E-state index contributed by atoms with van der Waals surface area (Å²) in [6.07, 6.45) is 5.54. The molecule has 0 bridgehead atoms. The van der Waals surface area contributed by atoms with Crippen LogP contribution in [-0.4, -0.2) is 57.0 Å². The number of aromatic nitrogens is 3. The number of carbonyl (C=O) groups is 1. The summed E-state index contributed by atoms with van der Waals surface area (Å²) in [6.45, 7) is 11.6. The summed E-state index contributed by atoms with van der Waals surface area (Å²) in [6, 6.07) is 31.0. The Kier molecular flexibility index (Phi) is 10.9. The van der Waals surface area contributed by atoms with Crippen LogP contribution in [0.3, 0.4) is 0 Å². The zero-order chi connectivity index (χ0) is 37.0. The number of carbonyl (C=O) groups excluding carboxylic acids is 1. The van der Waals surface area contributed by atoms with Gasteiger partial charge in [-0.15, -0.1) is 0 Å². The number of likely N-dealkylation sites (tertiary alicyclic amines) is 1. The first kappa shape index (κ1) is 36.3. The number of hydrogen-bond donors (Lipinski definition) is 0. The lowest BCUT2D eigenvalue weighted by molar-refractivity contribution is 0.00569. The van der Waals surface area contributed by atoms with Crippen molar-refractivity contribution in [2.45, 2.75) is 84.7 Å². The maximum atomic E-state index is 12.7. The topological polar surface area (TPSA) is 82.0 Å². The van der Waals surface area contributed by atoms with Gasteiger partial charge in [0.05, 0.1) is 11.1 Å². The zero-order valence-electron chi connectivity index (χ0n) is 31.8. The number of anilines is 1. The van der Waals surface area contributed by atoms with Gasteiger partial charge in [-0.25, -0.2) is 4.79 Å². The Balaban J connectivity index is 1.02. The third-order valence-corrected chi connectivity index (χ3v) is 10.6. The van der Waals surface area contributed by atoms with E-state index < -0.39 is 5.60 Å². The van der Waals surface area contributed by atoms with Crippen LogP contribution in [0.1, 0.15) is 70.9 Å². The fourth-order valence-electron chi connectivity index (χ4n) is 7.87. The summed E-state index contributed by atoms with van der Waals surface area (Å²) in [7, 11) is 2.01. The van der Waals surface area contributed by atoms with Gasteiger partial charge >= 0.3 is 6.09 Å². The van der Waals surface area contributed by atoms with Crippen LogP contribution in [0.5, 0.6) is 11.8 Å². The molecule has 2 aliphatic rings. The summed E-state index contributed by atoms with van der Waals surface area (Å²) in [5.41, 5.74) is 5.65. The van der Waals surface area contributed by atoms with Crippen LogP contribution < -0.4 is 14.4 Å². The smallest absolute Gasteiger partial charge is 0.410 e.